The molecule has 0 radical (unpaired) electrons. The van der Waals surface area contributed by atoms with Crippen molar-refractivity contribution in [3.63, 3.8) is 0 Å². The van der Waals surface area contributed by atoms with Crippen LogP contribution in [0.1, 0.15) is 48.2 Å². The summed E-state index contributed by atoms with van der Waals surface area (Å²) in [5.41, 5.74) is 10.6. The van der Waals surface area contributed by atoms with Crippen molar-refractivity contribution in [1.82, 2.24) is 14.9 Å². The van der Waals surface area contributed by atoms with Gasteiger partial charge in [0, 0.05) is 36.5 Å². The third-order valence-corrected chi connectivity index (χ3v) is 5.90. The molecule has 0 aliphatic carbocycles. The number of nitrogens with one attached hydrogen (secondary N) is 1. The number of aryl methyl sites for hydroxylation is 3. The first kappa shape index (κ1) is 21.0. The van der Waals surface area contributed by atoms with Gasteiger partial charge >= 0.3 is 0 Å². The fourth-order valence-electron chi connectivity index (χ4n) is 3.97. The van der Waals surface area contributed by atoms with Crippen molar-refractivity contribution in [3.05, 3.63) is 40.8 Å². The van der Waals surface area contributed by atoms with Gasteiger partial charge in [0.25, 0.3) is 5.91 Å². The van der Waals surface area contributed by atoms with Crippen LogP contribution < -0.4 is 16.0 Å². The van der Waals surface area contributed by atoms with Crippen molar-refractivity contribution in [1.29, 1.82) is 0 Å². The number of amides is 1. The summed E-state index contributed by atoms with van der Waals surface area (Å²) in [5, 5.41) is 3.24. The number of aromatic nitrogens is 2. The lowest BCUT2D eigenvalue weighted by Crippen LogP contribution is -2.55. The molecule has 1 aliphatic heterocycles. The van der Waals surface area contributed by atoms with Gasteiger partial charge in [-0.05, 0) is 64.9 Å². The van der Waals surface area contributed by atoms with Crippen molar-refractivity contribution >= 4 is 23.1 Å². The monoisotopic (exact) mass is 396 g/mol. The third kappa shape index (κ3) is 4.34. The van der Waals surface area contributed by atoms with E-state index in [1.807, 2.05) is 19.9 Å². The molecule has 1 amide bonds. The van der Waals surface area contributed by atoms with E-state index in [-0.39, 0.29) is 5.69 Å². The molecule has 0 saturated carbocycles. The van der Waals surface area contributed by atoms with E-state index in [0.717, 1.165) is 30.2 Å². The maximum absolute atomic E-state index is 11.9. The number of carbonyl (C=O) groups excluding carboxylic acids is 1. The molecule has 1 fully saturated rings. The Hall–Kier alpha value is -2.67. The molecular formula is C22H32N6O. The lowest BCUT2D eigenvalue weighted by Gasteiger charge is -2.44. The van der Waals surface area contributed by atoms with Crippen molar-refractivity contribution in [2.75, 3.05) is 30.4 Å². The Balaban J connectivity index is 1.86. The summed E-state index contributed by atoms with van der Waals surface area (Å²) >= 11 is 0. The molecule has 156 valence electrons. The molecule has 3 N–H and O–H groups in total. The quantitative estimate of drug-likeness (QED) is 0.808. The third-order valence-electron chi connectivity index (χ3n) is 5.90. The van der Waals surface area contributed by atoms with Crippen molar-refractivity contribution in [2.45, 2.75) is 53.1 Å². The van der Waals surface area contributed by atoms with Crippen LogP contribution in [-0.4, -0.2) is 53.0 Å². The first-order chi connectivity index (χ1) is 13.7. The van der Waals surface area contributed by atoms with Crippen molar-refractivity contribution in [2.24, 2.45) is 5.73 Å². The van der Waals surface area contributed by atoms with Crippen LogP contribution in [0.3, 0.4) is 0 Å². The second-order valence-electron chi connectivity index (χ2n) is 8.07. The predicted octanol–water partition coefficient (Wildman–Crippen LogP) is 3.03. The largest absolute Gasteiger partial charge is 0.368 e. The Kier molecular flexibility index (Phi) is 6.07. The van der Waals surface area contributed by atoms with Crippen LogP contribution in [0.2, 0.25) is 0 Å². The number of piperazine rings is 1. The van der Waals surface area contributed by atoms with E-state index in [9.17, 15) is 4.79 Å². The van der Waals surface area contributed by atoms with Gasteiger partial charge in [0.2, 0.25) is 0 Å². The van der Waals surface area contributed by atoms with Gasteiger partial charge in [-0.25, -0.2) is 9.97 Å². The molecule has 7 nitrogen and oxygen atoms in total. The molecule has 0 bridgehead atoms. The van der Waals surface area contributed by atoms with E-state index >= 15 is 0 Å². The second kappa shape index (κ2) is 8.37. The number of likely N-dealkylation sites (N-methyl/N-ethyl adjacent to an activating group) is 1. The molecule has 1 aliphatic rings. The number of rotatable bonds is 5. The Labute approximate surface area is 173 Å². The molecule has 0 spiro atoms. The van der Waals surface area contributed by atoms with Crippen molar-refractivity contribution in [3.8, 4) is 0 Å². The number of nitrogens with zero attached hydrogens (tertiary/aromatic N) is 4. The van der Waals surface area contributed by atoms with Crippen LogP contribution in [0.25, 0.3) is 0 Å². The SMILES string of the molecule is CCc1nc(C(N)=O)c(Nc2ccc(N3C[C@@H](C)N(C)[C@@H](C)C3)c(C)c2)nc1C. The van der Waals surface area contributed by atoms with E-state index in [2.05, 4.69) is 65.0 Å². The molecule has 7 heteroatoms. The number of anilines is 3. The Morgan fingerprint density at radius 3 is 2.41 bits per heavy atom. The average Bonchev–Trinajstić information content (AvgIpc) is 2.65. The standard InChI is InChI=1S/C22H32N6O/c1-7-18-16(5)24-22(20(26-18)21(23)29)25-17-8-9-19(13(2)10-17)28-11-14(3)27(6)15(4)12-28/h8-10,14-15H,7,11-12H2,1-6H3,(H2,23,29)(H,24,25)/t14-,15+. The first-order valence-corrected chi connectivity index (χ1v) is 10.2. The lowest BCUT2D eigenvalue weighted by atomic mass is 10.1. The highest BCUT2D eigenvalue weighted by molar-refractivity contribution is 5.96. The predicted molar refractivity (Wildman–Crippen MR) is 118 cm³/mol. The highest BCUT2D eigenvalue weighted by Gasteiger charge is 2.27. The molecule has 1 aromatic heterocycles. The number of hydrogen-bond donors (Lipinski definition) is 2. The normalized spacial score (nSPS) is 20.0. The molecule has 1 saturated heterocycles. The zero-order chi connectivity index (χ0) is 21.3. The van der Waals surface area contributed by atoms with Crippen LogP contribution in [-0.2, 0) is 6.42 Å². The first-order valence-electron chi connectivity index (χ1n) is 10.2. The molecule has 2 atom stereocenters. The Morgan fingerprint density at radius 2 is 1.86 bits per heavy atom. The van der Waals surface area contributed by atoms with Gasteiger partial charge in [-0.15, -0.1) is 0 Å². The van der Waals surface area contributed by atoms with Gasteiger partial charge < -0.3 is 16.0 Å². The summed E-state index contributed by atoms with van der Waals surface area (Å²) in [6.45, 7) is 12.5. The van der Waals surface area contributed by atoms with Gasteiger partial charge in [0.05, 0.1) is 11.4 Å². The molecule has 1 aromatic carbocycles. The summed E-state index contributed by atoms with van der Waals surface area (Å²) in [6.07, 6.45) is 0.703. The van der Waals surface area contributed by atoms with Gasteiger partial charge in [-0.3, -0.25) is 9.69 Å². The number of primary amides is 1. The number of carbonyl (C=O) groups is 1. The van der Waals surface area contributed by atoms with Gasteiger partial charge in [0.15, 0.2) is 11.5 Å². The maximum Gasteiger partial charge on any atom is 0.271 e. The molecule has 2 heterocycles. The fraction of sp³-hybridized carbons (Fsp3) is 0.500. The molecular weight excluding hydrogens is 364 g/mol. The number of hydrogen-bond acceptors (Lipinski definition) is 6. The van der Waals surface area contributed by atoms with Gasteiger partial charge in [-0.2, -0.15) is 0 Å². The van der Waals surface area contributed by atoms with Gasteiger partial charge in [0.1, 0.15) is 0 Å². The van der Waals surface area contributed by atoms with E-state index < -0.39 is 5.91 Å². The topological polar surface area (TPSA) is 87.4 Å². The maximum atomic E-state index is 11.9. The fourth-order valence-corrected chi connectivity index (χ4v) is 3.97. The molecule has 3 rings (SSSR count). The summed E-state index contributed by atoms with van der Waals surface area (Å²) in [6, 6.07) is 7.24. The summed E-state index contributed by atoms with van der Waals surface area (Å²) in [7, 11) is 2.19. The van der Waals surface area contributed by atoms with Crippen LogP contribution in [0.4, 0.5) is 17.2 Å². The van der Waals surface area contributed by atoms with Crippen LogP contribution in [0.5, 0.6) is 0 Å². The van der Waals surface area contributed by atoms with Crippen LogP contribution in [0.15, 0.2) is 18.2 Å². The average molecular weight is 397 g/mol. The highest BCUT2D eigenvalue weighted by Crippen LogP contribution is 2.29. The molecule has 0 unspecified atom stereocenters. The summed E-state index contributed by atoms with van der Waals surface area (Å²) in [5.74, 6) is -0.176. The molecule has 2 aromatic rings. The summed E-state index contributed by atoms with van der Waals surface area (Å²) in [4.78, 5) is 25.7. The smallest absolute Gasteiger partial charge is 0.271 e. The molecule has 29 heavy (non-hydrogen) atoms. The summed E-state index contributed by atoms with van der Waals surface area (Å²) < 4.78 is 0. The van der Waals surface area contributed by atoms with E-state index in [0.29, 0.717) is 24.3 Å². The van der Waals surface area contributed by atoms with E-state index in [1.54, 1.807) is 0 Å². The van der Waals surface area contributed by atoms with Crippen LogP contribution >= 0.6 is 0 Å². The zero-order valence-electron chi connectivity index (χ0n) is 18.3. The Bertz CT molecular complexity index is 900. The number of benzene rings is 1. The Morgan fingerprint density at radius 1 is 1.21 bits per heavy atom. The minimum Gasteiger partial charge on any atom is -0.368 e. The minimum atomic E-state index is -0.580. The number of nitrogens with two attached hydrogens (primary N) is 1. The minimum absolute atomic E-state index is 0.177. The van der Waals surface area contributed by atoms with Crippen LogP contribution in [0, 0.1) is 13.8 Å². The van der Waals surface area contributed by atoms with E-state index in [1.165, 1.54) is 11.3 Å². The van der Waals surface area contributed by atoms with E-state index in [4.69, 9.17) is 5.73 Å². The van der Waals surface area contributed by atoms with Crippen molar-refractivity contribution < 1.29 is 4.79 Å². The highest BCUT2D eigenvalue weighted by atomic mass is 16.1. The van der Waals surface area contributed by atoms with Gasteiger partial charge in [-0.1, -0.05) is 6.92 Å². The lowest BCUT2D eigenvalue weighted by molar-refractivity contribution is 0.0996. The zero-order valence-corrected chi connectivity index (χ0v) is 18.3. The second-order valence-corrected chi connectivity index (χ2v) is 8.07.